The molecule has 0 spiro atoms. The van der Waals surface area contributed by atoms with Crippen molar-refractivity contribution < 1.29 is 29.0 Å². The van der Waals surface area contributed by atoms with Gasteiger partial charge in [-0.3, -0.25) is 0 Å². The molecule has 0 unspecified atom stereocenters. The second kappa shape index (κ2) is 10.3. The van der Waals surface area contributed by atoms with E-state index in [9.17, 15) is 5.11 Å². The van der Waals surface area contributed by atoms with E-state index in [0.29, 0.717) is 23.7 Å². The summed E-state index contributed by atoms with van der Waals surface area (Å²) in [6.45, 7) is 17.4. The molecule has 0 aromatic heterocycles. The van der Waals surface area contributed by atoms with Crippen LogP contribution in [0.15, 0.2) is 30.3 Å². The van der Waals surface area contributed by atoms with E-state index in [1.165, 1.54) is 11.1 Å². The minimum Gasteiger partial charge on any atom is -0.872 e. The van der Waals surface area contributed by atoms with Crippen LogP contribution >= 0.6 is 0 Å². The summed E-state index contributed by atoms with van der Waals surface area (Å²) in [5.74, 6) is 1.59. The molecule has 0 bridgehead atoms. The fraction of sp³-hybridized carbons (Fsp3) is 0.480. The van der Waals surface area contributed by atoms with Gasteiger partial charge in [-0.15, -0.1) is 0 Å². The predicted molar refractivity (Wildman–Crippen MR) is 114 cm³/mol. The Morgan fingerprint density at radius 3 is 1.68 bits per heavy atom. The molecule has 0 atom stereocenters. The Balaban J connectivity index is 0.00000392. The number of para-hydroxylation sites is 1. The van der Waals surface area contributed by atoms with Crippen LogP contribution in [-0.4, -0.2) is 6.21 Å². The third kappa shape index (κ3) is 5.53. The average Bonchev–Trinajstić information content (AvgIpc) is 2.59. The van der Waals surface area contributed by atoms with Crippen molar-refractivity contribution in [2.75, 3.05) is 0 Å². The van der Waals surface area contributed by atoms with Gasteiger partial charge in [-0.1, -0.05) is 91.5 Å². The molecule has 0 amide bonds. The number of benzene rings is 2. The van der Waals surface area contributed by atoms with Gasteiger partial charge in [0.1, 0.15) is 0 Å². The van der Waals surface area contributed by atoms with Gasteiger partial charge in [0.15, 0.2) is 6.21 Å². The zero-order valence-electron chi connectivity index (χ0n) is 19.2. The zero-order valence-corrected chi connectivity index (χ0v) is 19.2. The molecule has 0 radical (unpaired) electrons. The second-order valence-corrected chi connectivity index (χ2v) is 8.74. The minimum absolute atomic E-state index is 0. The van der Waals surface area contributed by atoms with Crippen LogP contribution in [-0.2, 0) is 0 Å². The van der Waals surface area contributed by atoms with E-state index in [4.69, 9.17) is 0 Å². The molecular weight excluding hydrogens is 337 g/mol. The van der Waals surface area contributed by atoms with Gasteiger partial charge in [0.25, 0.3) is 0 Å². The number of hydrogen-bond acceptors (Lipinski definition) is 1. The Bertz CT molecular complexity index is 793. The predicted octanol–water partition coefficient (Wildman–Crippen LogP) is 2.09. The SMILES string of the molecule is CC(C)c1cc([O-])c(C=[NH+]c2c(C(C)C)cccc2C(C)C)c(C(C)C)c1.[Li+]. The summed E-state index contributed by atoms with van der Waals surface area (Å²) in [5.41, 5.74) is 6.73. The number of nitrogens with one attached hydrogen (secondary N) is 1. The van der Waals surface area contributed by atoms with Gasteiger partial charge in [0, 0.05) is 16.7 Å². The normalized spacial score (nSPS) is 11.9. The molecule has 2 nitrogen and oxygen atoms in total. The number of hydrogen-bond donors (Lipinski definition) is 1. The zero-order chi connectivity index (χ0) is 20.3. The van der Waals surface area contributed by atoms with Crippen LogP contribution in [0.2, 0.25) is 0 Å². The minimum atomic E-state index is 0. The van der Waals surface area contributed by atoms with E-state index >= 15 is 0 Å². The van der Waals surface area contributed by atoms with Crippen LogP contribution in [0.5, 0.6) is 5.75 Å². The molecule has 0 aliphatic rings. The van der Waals surface area contributed by atoms with E-state index < -0.39 is 0 Å². The van der Waals surface area contributed by atoms with Crippen molar-refractivity contribution in [3.05, 3.63) is 58.1 Å². The first-order valence-electron chi connectivity index (χ1n) is 10.2. The summed E-state index contributed by atoms with van der Waals surface area (Å²) >= 11 is 0. The summed E-state index contributed by atoms with van der Waals surface area (Å²) in [6, 6.07) is 10.5. The van der Waals surface area contributed by atoms with Gasteiger partial charge in [-0.05, 0) is 34.8 Å². The van der Waals surface area contributed by atoms with Gasteiger partial charge in [0.2, 0.25) is 5.69 Å². The van der Waals surface area contributed by atoms with Crippen LogP contribution < -0.4 is 29.0 Å². The Labute approximate surface area is 183 Å². The van der Waals surface area contributed by atoms with Crippen molar-refractivity contribution in [1.29, 1.82) is 0 Å². The van der Waals surface area contributed by atoms with E-state index in [0.717, 1.165) is 22.4 Å². The first kappa shape index (κ1) is 24.5. The average molecular weight is 373 g/mol. The molecule has 28 heavy (non-hydrogen) atoms. The maximum absolute atomic E-state index is 12.9. The van der Waals surface area contributed by atoms with Gasteiger partial charge in [-0.2, -0.15) is 0 Å². The third-order valence-electron chi connectivity index (χ3n) is 5.22. The summed E-state index contributed by atoms with van der Waals surface area (Å²) in [6.07, 6.45) is 1.93. The third-order valence-corrected chi connectivity index (χ3v) is 5.22. The summed E-state index contributed by atoms with van der Waals surface area (Å²) in [5, 5.41) is 12.9. The van der Waals surface area contributed by atoms with Gasteiger partial charge in [0.05, 0.1) is 0 Å². The van der Waals surface area contributed by atoms with Crippen molar-refractivity contribution in [2.24, 2.45) is 0 Å². The molecule has 0 saturated heterocycles. The molecule has 2 rings (SSSR count). The van der Waals surface area contributed by atoms with Crippen LogP contribution in [0.25, 0.3) is 0 Å². The van der Waals surface area contributed by atoms with E-state index in [2.05, 4.69) is 84.6 Å². The molecule has 146 valence electrons. The van der Waals surface area contributed by atoms with E-state index in [1.807, 2.05) is 6.21 Å². The monoisotopic (exact) mass is 372 g/mol. The van der Waals surface area contributed by atoms with Gasteiger partial charge >= 0.3 is 18.9 Å². The van der Waals surface area contributed by atoms with Crippen molar-refractivity contribution in [3.63, 3.8) is 0 Å². The molecule has 0 fully saturated rings. The topological polar surface area (TPSA) is 37.0 Å². The second-order valence-electron chi connectivity index (χ2n) is 8.74. The first-order valence-corrected chi connectivity index (χ1v) is 10.2. The van der Waals surface area contributed by atoms with Crippen molar-refractivity contribution in [3.8, 4) is 5.75 Å². The maximum atomic E-state index is 12.9. The fourth-order valence-electron chi connectivity index (χ4n) is 3.50. The van der Waals surface area contributed by atoms with Crippen LogP contribution in [0, 0.1) is 0 Å². The van der Waals surface area contributed by atoms with Gasteiger partial charge in [-0.25, -0.2) is 4.99 Å². The molecule has 1 N–H and O–H groups in total. The van der Waals surface area contributed by atoms with E-state index in [-0.39, 0.29) is 24.6 Å². The van der Waals surface area contributed by atoms with Crippen molar-refractivity contribution >= 4 is 11.9 Å². The quantitative estimate of drug-likeness (QED) is 0.612. The first-order chi connectivity index (χ1) is 12.6. The molecular formula is C25H35LiNO+. The van der Waals surface area contributed by atoms with Crippen LogP contribution in [0.1, 0.15) is 107 Å². The largest absolute Gasteiger partial charge is 1.00 e. The van der Waals surface area contributed by atoms with E-state index in [1.54, 1.807) is 6.07 Å². The molecule has 0 aliphatic heterocycles. The molecule has 0 saturated carbocycles. The summed E-state index contributed by atoms with van der Waals surface area (Å²) in [4.78, 5) is 3.52. The Hall–Kier alpha value is -1.49. The number of rotatable bonds is 6. The molecule has 2 aromatic carbocycles. The molecule has 0 aliphatic carbocycles. The maximum Gasteiger partial charge on any atom is 1.00 e. The standard InChI is InChI=1S/C25H35NO.Li/c1-15(2)19-12-22(18(7)8)23(24(27)13-19)14-26-25-20(16(3)4)10-9-11-21(25)17(5)6;/h9-18,27H,1-8H3;/q;+1. The van der Waals surface area contributed by atoms with Crippen LogP contribution in [0.4, 0.5) is 5.69 Å². The molecule has 0 heterocycles. The van der Waals surface area contributed by atoms with Gasteiger partial charge < -0.3 is 5.11 Å². The summed E-state index contributed by atoms with van der Waals surface area (Å²) in [7, 11) is 0. The summed E-state index contributed by atoms with van der Waals surface area (Å²) < 4.78 is 0. The van der Waals surface area contributed by atoms with Crippen LogP contribution in [0.3, 0.4) is 0 Å². The smallest absolute Gasteiger partial charge is 0.872 e. The fourth-order valence-corrected chi connectivity index (χ4v) is 3.50. The Morgan fingerprint density at radius 1 is 0.750 bits per heavy atom. The Kier molecular flexibility index (Phi) is 9.06. The van der Waals surface area contributed by atoms with Crippen molar-refractivity contribution in [1.82, 2.24) is 0 Å². The molecule has 3 heteroatoms. The van der Waals surface area contributed by atoms with Crippen molar-refractivity contribution in [2.45, 2.75) is 79.1 Å². The Morgan fingerprint density at radius 2 is 1.25 bits per heavy atom. The molecule has 2 aromatic rings.